The average Bonchev–Trinajstić information content (AvgIpc) is 2.86. The van der Waals surface area contributed by atoms with Crippen LogP contribution in [0.1, 0.15) is 11.5 Å². The van der Waals surface area contributed by atoms with Gasteiger partial charge in [-0.05, 0) is 6.92 Å². The Bertz CT molecular complexity index is 472. The summed E-state index contributed by atoms with van der Waals surface area (Å²) in [5.41, 5.74) is 0.886. The minimum Gasteiger partial charge on any atom is -0.361 e. The monoisotopic (exact) mass is 218 g/mol. The Morgan fingerprint density at radius 2 is 2.50 bits per heavy atom. The predicted octanol–water partition coefficient (Wildman–Crippen LogP) is 1.83. The molecule has 0 aliphatic carbocycles. The van der Waals surface area contributed by atoms with Gasteiger partial charge in [0.15, 0.2) is 0 Å². The highest BCUT2D eigenvalue weighted by Crippen LogP contribution is 2.09. The summed E-state index contributed by atoms with van der Waals surface area (Å²) in [4.78, 5) is 4.20. The minimum atomic E-state index is 0.650. The summed E-state index contributed by atoms with van der Waals surface area (Å²) in [6.07, 6.45) is 5.44. The average molecular weight is 218 g/mol. The number of nitrogens with zero attached hydrogens (tertiary/aromatic N) is 3. The zero-order valence-electron chi connectivity index (χ0n) is 9.18. The van der Waals surface area contributed by atoms with Crippen molar-refractivity contribution in [1.82, 2.24) is 14.7 Å². The lowest BCUT2D eigenvalue weighted by Crippen LogP contribution is -2.07. The number of nitrogens with one attached hydrogen (secondary N) is 1. The van der Waals surface area contributed by atoms with Gasteiger partial charge in [0.25, 0.3) is 0 Å². The Morgan fingerprint density at radius 1 is 1.62 bits per heavy atom. The first-order valence-electron chi connectivity index (χ1n) is 5.07. The molecule has 0 amide bonds. The Morgan fingerprint density at radius 3 is 3.19 bits per heavy atom. The van der Waals surface area contributed by atoms with Crippen molar-refractivity contribution in [3.8, 4) is 0 Å². The van der Waals surface area contributed by atoms with Gasteiger partial charge in [0.05, 0.1) is 6.54 Å². The van der Waals surface area contributed by atoms with E-state index < -0.39 is 0 Å². The van der Waals surface area contributed by atoms with Crippen LogP contribution in [0.25, 0.3) is 0 Å². The van der Waals surface area contributed by atoms with E-state index in [0.717, 1.165) is 17.4 Å². The SMILES string of the molecule is C=CCNc1nccn1Cc1cc(C)on1. The van der Waals surface area contributed by atoms with Crippen molar-refractivity contribution in [2.24, 2.45) is 0 Å². The molecular weight excluding hydrogens is 204 g/mol. The van der Waals surface area contributed by atoms with Gasteiger partial charge in [-0.25, -0.2) is 4.98 Å². The number of aromatic nitrogens is 3. The third-order valence-electron chi connectivity index (χ3n) is 2.13. The maximum Gasteiger partial charge on any atom is 0.203 e. The second kappa shape index (κ2) is 4.65. The van der Waals surface area contributed by atoms with Crippen LogP contribution in [0, 0.1) is 6.92 Å². The Kier molecular flexibility index (Phi) is 3.05. The van der Waals surface area contributed by atoms with Crippen LogP contribution in [0.4, 0.5) is 5.95 Å². The van der Waals surface area contributed by atoms with Gasteiger partial charge in [-0.15, -0.1) is 6.58 Å². The fraction of sp³-hybridized carbons (Fsp3) is 0.273. The molecule has 84 valence electrons. The molecule has 16 heavy (non-hydrogen) atoms. The lowest BCUT2D eigenvalue weighted by atomic mass is 10.4. The first-order chi connectivity index (χ1) is 7.79. The van der Waals surface area contributed by atoms with Crippen molar-refractivity contribution >= 4 is 5.95 Å². The molecule has 0 spiro atoms. The lowest BCUT2D eigenvalue weighted by Gasteiger charge is -2.05. The molecule has 2 aromatic heterocycles. The summed E-state index contributed by atoms with van der Waals surface area (Å²) in [5.74, 6) is 1.62. The Hall–Kier alpha value is -2.04. The second-order valence-electron chi connectivity index (χ2n) is 3.48. The van der Waals surface area contributed by atoms with Gasteiger partial charge in [-0.1, -0.05) is 11.2 Å². The molecule has 0 saturated heterocycles. The van der Waals surface area contributed by atoms with E-state index in [1.807, 2.05) is 23.8 Å². The summed E-state index contributed by atoms with van der Waals surface area (Å²) in [6.45, 7) is 6.87. The highest BCUT2D eigenvalue weighted by molar-refractivity contribution is 5.27. The van der Waals surface area contributed by atoms with Crippen LogP contribution >= 0.6 is 0 Å². The Balaban J connectivity index is 2.09. The fourth-order valence-electron chi connectivity index (χ4n) is 1.43. The number of anilines is 1. The van der Waals surface area contributed by atoms with Gasteiger partial charge in [0.1, 0.15) is 11.5 Å². The molecule has 0 aromatic carbocycles. The van der Waals surface area contributed by atoms with E-state index in [9.17, 15) is 0 Å². The maximum absolute atomic E-state index is 5.01. The van der Waals surface area contributed by atoms with E-state index in [1.165, 1.54) is 0 Å². The molecular formula is C11H14N4O. The third kappa shape index (κ3) is 2.31. The van der Waals surface area contributed by atoms with Gasteiger partial charge in [-0.3, -0.25) is 0 Å². The van der Waals surface area contributed by atoms with Crippen LogP contribution < -0.4 is 5.32 Å². The zero-order valence-corrected chi connectivity index (χ0v) is 9.18. The van der Waals surface area contributed by atoms with E-state index in [0.29, 0.717) is 13.1 Å². The number of imidazole rings is 1. The van der Waals surface area contributed by atoms with E-state index in [1.54, 1.807) is 12.3 Å². The first kappa shape index (κ1) is 10.5. The molecule has 5 heteroatoms. The van der Waals surface area contributed by atoms with Crippen LogP contribution in [0.3, 0.4) is 0 Å². The van der Waals surface area contributed by atoms with E-state index in [2.05, 4.69) is 22.0 Å². The zero-order chi connectivity index (χ0) is 11.4. The molecule has 1 N–H and O–H groups in total. The fourth-order valence-corrected chi connectivity index (χ4v) is 1.43. The maximum atomic E-state index is 5.01. The first-order valence-corrected chi connectivity index (χ1v) is 5.07. The van der Waals surface area contributed by atoms with Crippen molar-refractivity contribution in [2.75, 3.05) is 11.9 Å². The van der Waals surface area contributed by atoms with Gasteiger partial charge < -0.3 is 14.4 Å². The molecule has 2 rings (SSSR count). The summed E-state index contributed by atoms with van der Waals surface area (Å²) >= 11 is 0. The molecule has 0 radical (unpaired) electrons. The molecule has 0 fully saturated rings. The van der Waals surface area contributed by atoms with Crippen molar-refractivity contribution in [3.63, 3.8) is 0 Å². The minimum absolute atomic E-state index is 0.650. The third-order valence-corrected chi connectivity index (χ3v) is 2.13. The van der Waals surface area contributed by atoms with Crippen molar-refractivity contribution < 1.29 is 4.52 Å². The molecule has 0 atom stereocenters. The van der Waals surface area contributed by atoms with Gasteiger partial charge in [-0.2, -0.15) is 0 Å². The number of hydrogen-bond donors (Lipinski definition) is 1. The molecule has 0 unspecified atom stereocenters. The Labute approximate surface area is 93.8 Å². The van der Waals surface area contributed by atoms with Gasteiger partial charge >= 0.3 is 0 Å². The van der Waals surface area contributed by atoms with Crippen molar-refractivity contribution in [1.29, 1.82) is 0 Å². The molecule has 5 nitrogen and oxygen atoms in total. The number of rotatable bonds is 5. The van der Waals surface area contributed by atoms with Crippen molar-refractivity contribution in [3.05, 3.63) is 42.6 Å². The summed E-state index contributed by atoms with van der Waals surface area (Å²) in [7, 11) is 0. The van der Waals surface area contributed by atoms with E-state index in [-0.39, 0.29) is 0 Å². The quantitative estimate of drug-likeness (QED) is 0.778. The topological polar surface area (TPSA) is 55.9 Å². The van der Waals surface area contributed by atoms with Crippen LogP contribution in [-0.2, 0) is 6.54 Å². The predicted molar refractivity (Wildman–Crippen MR) is 61.3 cm³/mol. The summed E-state index contributed by atoms with van der Waals surface area (Å²) in [6, 6.07) is 1.91. The number of hydrogen-bond acceptors (Lipinski definition) is 4. The molecule has 0 aliphatic rings. The number of aryl methyl sites for hydroxylation is 1. The summed E-state index contributed by atoms with van der Waals surface area (Å²) < 4.78 is 6.99. The second-order valence-corrected chi connectivity index (χ2v) is 3.48. The molecule has 2 heterocycles. The van der Waals surface area contributed by atoms with Crippen LogP contribution in [0.15, 0.2) is 35.6 Å². The smallest absolute Gasteiger partial charge is 0.203 e. The van der Waals surface area contributed by atoms with Gasteiger partial charge in [0, 0.05) is 25.0 Å². The van der Waals surface area contributed by atoms with E-state index in [4.69, 9.17) is 4.52 Å². The largest absolute Gasteiger partial charge is 0.361 e. The standard InChI is InChI=1S/C11H14N4O/c1-3-4-12-11-13-5-6-15(11)8-10-7-9(2)16-14-10/h3,5-7H,1,4,8H2,2H3,(H,12,13). The highest BCUT2D eigenvalue weighted by Gasteiger charge is 2.05. The molecule has 0 bridgehead atoms. The molecule has 0 saturated carbocycles. The van der Waals surface area contributed by atoms with Gasteiger partial charge in [0.2, 0.25) is 5.95 Å². The normalized spacial score (nSPS) is 10.3. The van der Waals surface area contributed by atoms with Crippen LogP contribution in [0.5, 0.6) is 0 Å². The lowest BCUT2D eigenvalue weighted by molar-refractivity contribution is 0.389. The summed E-state index contributed by atoms with van der Waals surface area (Å²) in [5, 5.41) is 7.09. The van der Waals surface area contributed by atoms with Crippen LogP contribution in [0.2, 0.25) is 0 Å². The highest BCUT2D eigenvalue weighted by atomic mass is 16.5. The molecule has 2 aromatic rings. The van der Waals surface area contributed by atoms with E-state index >= 15 is 0 Å². The van der Waals surface area contributed by atoms with Crippen LogP contribution in [-0.4, -0.2) is 21.3 Å². The van der Waals surface area contributed by atoms with Crippen molar-refractivity contribution in [2.45, 2.75) is 13.5 Å². The molecule has 0 aliphatic heterocycles.